The lowest BCUT2D eigenvalue weighted by molar-refractivity contribution is 0.628. The Morgan fingerprint density at radius 2 is 0.800 bits per heavy atom. The molecule has 318 valence electrons. The predicted octanol–water partition coefficient (Wildman–Crippen LogP) is 15.5. The zero-order valence-corrected chi connectivity index (χ0v) is 39.6. The molecule has 0 heterocycles. The van der Waals surface area contributed by atoms with Crippen molar-refractivity contribution < 1.29 is 8.78 Å². The quantitative estimate of drug-likeness (QED) is 0.140. The van der Waals surface area contributed by atoms with E-state index in [4.69, 9.17) is 0 Å². The van der Waals surface area contributed by atoms with Crippen LogP contribution in [0.4, 0.5) is 42.9 Å². The van der Waals surface area contributed by atoms with E-state index >= 15 is 8.78 Å². The second-order valence-electron chi connectivity index (χ2n) is 19.5. The van der Waals surface area contributed by atoms with E-state index in [0.717, 1.165) is 50.2 Å². The Morgan fingerprint density at radius 1 is 0.354 bits per heavy atom. The molecule has 65 heavy (non-hydrogen) atoms. The first-order chi connectivity index (χ1) is 31.4. The fourth-order valence-electron chi connectivity index (χ4n) is 11.0. The van der Waals surface area contributed by atoms with Gasteiger partial charge in [0.05, 0.1) is 38.6 Å². The number of anilines is 6. The average molecular weight is 881 g/mol. The molecule has 0 aromatic heterocycles. The molecular formula is C59H50F2N2Si2. The SMILES string of the molecule is C[Si](C)(C)c1ccccc1N(c1ccc2c(c1)C1(c3ccccc3-c3ccccc31)c1cccc3c(N(c4ccccc4F)c4ccccc4[Si](C)(C)C)ccc-2c13)c1ccccc1F. The van der Waals surface area contributed by atoms with Crippen molar-refractivity contribution in [3.63, 3.8) is 0 Å². The molecule has 11 rings (SSSR count). The van der Waals surface area contributed by atoms with Crippen LogP contribution in [0.15, 0.2) is 194 Å². The maximum absolute atomic E-state index is 16.5. The van der Waals surface area contributed by atoms with Crippen LogP contribution in [0.25, 0.3) is 33.0 Å². The van der Waals surface area contributed by atoms with E-state index in [-0.39, 0.29) is 11.6 Å². The van der Waals surface area contributed by atoms with Gasteiger partial charge in [0.2, 0.25) is 0 Å². The number of halogens is 2. The molecular weight excluding hydrogens is 831 g/mol. The van der Waals surface area contributed by atoms with Gasteiger partial charge in [-0.15, -0.1) is 0 Å². The van der Waals surface area contributed by atoms with Crippen LogP contribution >= 0.6 is 0 Å². The second-order valence-corrected chi connectivity index (χ2v) is 29.6. The average Bonchev–Trinajstić information content (AvgIpc) is 3.60. The lowest BCUT2D eigenvalue weighted by Gasteiger charge is -2.41. The number of para-hydroxylation sites is 4. The fraction of sp³-hybridized carbons (Fsp3) is 0.119. The molecule has 2 nitrogen and oxygen atoms in total. The molecule has 0 bridgehead atoms. The highest BCUT2D eigenvalue weighted by Gasteiger charge is 2.50. The lowest BCUT2D eigenvalue weighted by Crippen LogP contribution is -2.40. The van der Waals surface area contributed by atoms with E-state index in [2.05, 4.69) is 195 Å². The molecule has 0 radical (unpaired) electrons. The largest absolute Gasteiger partial charge is 0.308 e. The van der Waals surface area contributed by atoms with Crippen molar-refractivity contribution in [3.8, 4) is 22.3 Å². The minimum atomic E-state index is -1.93. The third-order valence-electron chi connectivity index (χ3n) is 13.7. The Kier molecular flexibility index (Phi) is 9.51. The Bertz CT molecular complexity index is 3320. The summed E-state index contributed by atoms with van der Waals surface area (Å²) in [4.78, 5) is 4.31. The van der Waals surface area contributed by atoms with Gasteiger partial charge in [-0.3, -0.25) is 0 Å². The van der Waals surface area contributed by atoms with Crippen LogP contribution in [0.3, 0.4) is 0 Å². The van der Waals surface area contributed by atoms with Crippen molar-refractivity contribution in [2.75, 3.05) is 9.80 Å². The fourth-order valence-corrected chi connectivity index (χ4v) is 14.1. The molecule has 0 atom stereocenters. The normalized spacial score (nSPS) is 13.4. The topological polar surface area (TPSA) is 6.48 Å². The minimum Gasteiger partial charge on any atom is -0.308 e. The van der Waals surface area contributed by atoms with Gasteiger partial charge < -0.3 is 9.80 Å². The second kappa shape index (κ2) is 15.1. The molecule has 0 saturated carbocycles. The Labute approximate surface area is 383 Å². The summed E-state index contributed by atoms with van der Waals surface area (Å²) < 4.78 is 32.9. The third kappa shape index (κ3) is 6.22. The summed E-state index contributed by atoms with van der Waals surface area (Å²) in [5.74, 6) is -0.555. The van der Waals surface area contributed by atoms with Gasteiger partial charge >= 0.3 is 0 Å². The highest BCUT2D eigenvalue weighted by molar-refractivity contribution is 6.90. The van der Waals surface area contributed by atoms with E-state index < -0.39 is 21.6 Å². The molecule has 2 aliphatic carbocycles. The van der Waals surface area contributed by atoms with Crippen molar-refractivity contribution in [1.82, 2.24) is 0 Å². The third-order valence-corrected chi connectivity index (χ3v) is 17.7. The van der Waals surface area contributed by atoms with Crippen molar-refractivity contribution in [1.29, 1.82) is 0 Å². The van der Waals surface area contributed by atoms with Gasteiger partial charge in [-0.1, -0.05) is 179 Å². The zero-order chi connectivity index (χ0) is 44.8. The summed E-state index contributed by atoms with van der Waals surface area (Å²) in [7, 11) is -3.86. The molecule has 0 fully saturated rings. The van der Waals surface area contributed by atoms with E-state index in [1.165, 1.54) is 38.2 Å². The number of benzene rings is 9. The van der Waals surface area contributed by atoms with Gasteiger partial charge in [0.15, 0.2) is 0 Å². The molecule has 9 aromatic carbocycles. The maximum atomic E-state index is 16.5. The number of nitrogens with zero attached hydrogens (tertiary/aromatic N) is 2. The first-order valence-electron chi connectivity index (χ1n) is 22.6. The summed E-state index contributed by atoms with van der Waals surface area (Å²) >= 11 is 0. The molecule has 1 spiro atoms. The minimum absolute atomic E-state index is 0.276. The maximum Gasteiger partial charge on any atom is 0.147 e. The zero-order valence-electron chi connectivity index (χ0n) is 37.6. The Hall–Kier alpha value is -6.87. The first-order valence-corrected chi connectivity index (χ1v) is 29.6. The van der Waals surface area contributed by atoms with Crippen LogP contribution in [-0.2, 0) is 5.41 Å². The van der Waals surface area contributed by atoms with Crippen LogP contribution in [0.2, 0.25) is 39.3 Å². The monoisotopic (exact) mass is 880 g/mol. The molecule has 0 aliphatic heterocycles. The molecule has 0 amide bonds. The van der Waals surface area contributed by atoms with Crippen molar-refractivity contribution in [2.24, 2.45) is 0 Å². The molecule has 6 heteroatoms. The Balaban J connectivity index is 1.26. The number of rotatable bonds is 8. The van der Waals surface area contributed by atoms with Crippen LogP contribution < -0.4 is 20.2 Å². The number of hydrogen-bond donors (Lipinski definition) is 0. The molecule has 9 aromatic rings. The molecule has 2 aliphatic rings. The van der Waals surface area contributed by atoms with Gasteiger partial charge in [-0.2, -0.15) is 0 Å². The smallest absolute Gasteiger partial charge is 0.147 e. The van der Waals surface area contributed by atoms with Crippen molar-refractivity contribution in [3.05, 3.63) is 228 Å². The summed E-state index contributed by atoms with van der Waals surface area (Å²) in [5, 5.41) is 4.69. The van der Waals surface area contributed by atoms with E-state index in [0.29, 0.717) is 11.4 Å². The van der Waals surface area contributed by atoms with E-state index in [9.17, 15) is 0 Å². The van der Waals surface area contributed by atoms with Gasteiger partial charge in [-0.05, 0) is 115 Å². The highest BCUT2D eigenvalue weighted by atomic mass is 28.3. The standard InChI is InChI=1S/C59H50F2N2Si2/c1-64(2,3)56-32-17-15-30-54(56)62(52-28-13-11-26-49(52)60)39-34-35-42-43-36-37-51(63(53-29-14-12-27-50(53)61)55-31-16-18-33-57(55)65(4,5)6)44-22-19-25-47(58(43)44)59(48(42)38-39)45-23-9-7-20-40(45)41-21-8-10-24-46(41)59/h7-38H,1-6H3. The van der Waals surface area contributed by atoms with Gasteiger partial charge in [0.25, 0.3) is 0 Å². The van der Waals surface area contributed by atoms with Crippen molar-refractivity contribution in [2.45, 2.75) is 44.7 Å². The summed E-state index contributed by atoms with van der Waals surface area (Å²) in [6.45, 7) is 14.1. The van der Waals surface area contributed by atoms with Gasteiger partial charge in [-0.25, -0.2) is 8.78 Å². The first kappa shape index (κ1) is 40.9. The van der Waals surface area contributed by atoms with Crippen LogP contribution in [0, 0.1) is 11.6 Å². The predicted molar refractivity (Wildman–Crippen MR) is 275 cm³/mol. The highest BCUT2D eigenvalue weighted by Crippen LogP contribution is 2.63. The molecule has 0 saturated heterocycles. The van der Waals surface area contributed by atoms with Crippen molar-refractivity contribution >= 4 is 71.4 Å². The molecule has 0 N–H and O–H groups in total. The lowest BCUT2D eigenvalue weighted by atomic mass is 9.61. The summed E-state index contributed by atoms with van der Waals surface area (Å²) in [6, 6.07) is 67.0. The van der Waals surface area contributed by atoms with Gasteiger partial charge in [0.1, 0.15) is 11.6 Å². The number of hydrogen-bond acceptors (Lipinski definition) is 2. The van der Waals surface area contributed by atoms with Crippen LogP contribution in [0.1, 0.15) is 22.3 Å². The van der Waals surface area contributed by atoms with E-state index in [1.54, 1.807) is 24.3 Å². The van der Waals surface area contributed by atoms with E-state index in [1.807, 2.05) is 24.3 Å². The number of fused-ring (bicyclic) bond motifs is 9. The summed E-state index contributed by atoms with van der Waals surface area (Å²) in [5.41, 5.74) is 13.4. The van der Waals surface area contributed by atoms with Crippen LogP contribution in [0.5, 0.6) is 0 Å². The van der Waals surface area contributed by atoms with Crippen LogP contribution in [-0.4, -0.2) is 16.1 Å². The molecule has 0 unspecified atom stereocenters. The Morgan fingerprint density at radius 3 is 1.37 bits per heavy atom. The van der Waals surface area contributed by atoms with Gasteiger partial charge in [0, 0.05) is 22.4 Å². The summed E-state index contributed by atoms with van der Waals surface area (Å²) in [6.07, 6.45) is 0.